The number of rotatable bonds is 6. The largest absolute Gasteiger partial charge is 0.309 e. The highest BCUT2D eigenvalue weighted by molar-refractivity contribution is 6.15. The fraction of sp³-hybridized carbons (Fsp3) is 0.0196. The van der Waals surface area contributed by atoms with E-state index >= 15 is 0 Å². The Bertz CT molecular complexity index is 3370. The van der Waals surface area contributed by atoms with Gasteiger partial charge in [-0.1, -0.05) is 104 Å². The minimum absolute atomic E-state index is 0.578. The third kappa shape index (κ3) is 4.72. The van der Waals surface area contributed by atoms with Crippen molar-refractivity contribution in [1.82, 2.24) is 13.7 Å². The summed E-state index contributed by atoms with van der Waals surface area (Å²) < 4.78 is 6.85. The zero-order chi connectivity index (χ0) is 37.9. The normalized spacial score (nSPS) is 11.6. The Morgan fingerprint density at radius 2 is 1.14 bits per heavy atom. The highest BCUT2D eigenvalue weighted by Crippen LogP contribution is 2.42. The van der Waals surface area contributed by atoms with Gasteiger partial charge in [0.15, 0.2) is 0 Å². The maximum Gasteiger partial charge on any atom is 0.101 e. The molecule has 0 radical (unpaired) electrons. The topological polar surface area (TPSA) is 62.4 Å². The summed E-state index contributed by atoms with van der Waals surface area (Å²) in [6, 6.07) is 57.0. The van der Waals surface area contributed by atoms with Crippen LogP contribution in [0.25, 0.3) is 94.9 Å². The maximum atomic E-state index is 10.7. The van der Waals surface area contributed by atoms with E-state index in [9.17, 15) is 10.5 Å². The van der Waals surface area contributed by atoms with Crippen molar-refractivity contribution < 1.29 is 0 Å². The number of aromatic nitrogens is 3. The van der Waals surface area contributed by atoms with Gasteiger partial charge in [-0.2, -0.15) is 10.5 Å². The van der Waals surface area contributed by atoms with E-state index in [1.807, 2.05) is 49.4 Å². The number of fused-ring (bicyclic) bond motifs is 7. The third-order valence-corrected chi connectivity index (χ3v) is 11.0. The lowest BCUT2D eigenvalue weighted by Crippen LogP contribution is -2.01. The number of benzene rings is 7. The molecule has 0 N–H and O–H groups in total. The van der Waals surface area contributed by atoms with Crippen molar-refractivity contribution >= 4 is 66.7 Å². The molecule has 0 unspecified atom stereocenters. The van der Waals surface area contributed by atoms with E-state index < -0.39 is 0 Å². The van der Waals surface area contributed by atoms with Crippen molar-refractivity contribution in [2.75, 3.05) is 0 Å². The van der Waals surface area contributed by atoms with Crippen LogP contribution in [-0.2, 0) is 0 Å². The summed E-state index contributed by atoms with van der Waals surface area (Å²) in [5, 5.41) is 25.9. The van der Waals surface area contributed by atoms with Crippen molar-refractivity contribution in [3.8, 4) is 40.3 Å². The molecule has 0 saturated heterocycles. The molecule has 0 bridgehead atoms. The molecule has 0 aliphatic heterocycles. The Morgan fingerprint density at radius 3 is 1.89 bits per heavy atom. The summed E-state index contributed by atoms with van der Waals surface area (Å²) in [6.07, 6.45) is 6.18. The smallest absolute Gasteiger partial charge is 0.101 e. The average Bonchev–Trinajstić information content (AvgIpc) is 3.88. The summed E-state index contributed by atoms with van der Waals surface area (Å²) in [6.45, 7) is 6.31. The average molecular weight is 716 g/mol. The van der Waals surface area contributed by atoms with Crippen LogP contribution < -0.4 is 0 Å². The zero-order valence-electron chi connectivity index (χ0n) is 30.6. The van der Waals surface area contributed by atoms with E-state index in [-0.39, 0.29) is 0 Å². The van der Waals surface area contributed by atoms with Crippen LogP contribution in [0.4, 0.5) is 0 Å². The summed E-state index contributed by atoms with van der Waals surface area (Å²) in [5.41, 5.74) is 13.4. The van der Waals surface area contributed by atoms with Crippen LogP contribution in [0.1, 0.15) is 29.3 Å². The molecule has 0 amide bonds. The summed E-state index contributed by atoms with van der Waals surface area (Å²) in [5.74, 6) is 0. The van der Waals surface area contributed by atoms with Crippen LogP contribution in [0.5, 0.6) is 0 Å². The molecule has 0 fully saturated rings. The van der Waals surface area contributed by atoms with Crippen LogP contribution in [0.15, 0.2) is 164 Å². The van der Waals surface area contributed by atoms with E-state index in [4.69, 9.17) is 0 Å². The first kappa shape index (κ1) is 32.8. The first-order valence-electron chi connectivity index (χ1n) is 18.6. The van der Waals surface area contributed by atoms with Gasteiger partial charge in [0.25, 0.3) is 0 Å². The predicted octanol–water partition coefficient (Wildman–Crippen LogP) is 12.9. The van der Waals surface area contributed by atoms with Gasteiger partial charge < -0.3 is 13.7 Å². The molecule has 10 rings (SSSR count). The molecule has 56 heavy (non-hydrogen) atoms. The van der Waals surface area contributed by atoms with Crippen molar-refractivity contribution in [3.63, 3.8) is 0 Å². The Kier molecular flexibility index (Phi) is 7.56. The van der Waals surface area contributed by atoms with Gasteiger partial charge in [-0.25, -0.2) is 0 Å². The molecular weight excluding hydrogens is 683 g/mol. The molecule has 5 nitrogen and oxygen atoms in total. The quantitative estimate of drug-likeness (QED) is 0.172. The molecule has 0 aliphatic rings. The number of nitriles is 2. The van der Waals surface area contributed by atoms with Crippen LogP contribution in [0.2, 0.25) is 0 Å². The molecule has 0 spiro atoms. The van der Waals surface area contributed by atoms with Gasteiger partial charge in [-0.15, -0.1) is 0 Å². The number of hydrogen-bond donors (Lipinski definition) is 0. The molecule has 0 aliphatic carbocycles. The van der Waals surface area contributed by atoms with E-state index in [1.54, 1.807) is 0 Å². The predicted molar refractivity (Wildman–Crippen MR) is 232 cm³/mol. The van der Waals surface area contributed by atoms with Gasteiger partial charge in [0.2, 0.25) is 0 Å². The maximum absolute atomic E-state index is 10.7. The summed E-state index contributed by atoms with van der Waals surface area (Å²) in [4.78, 5) is 0. The standard InChI is InChI=1S/C51H33N5/c1-3-14-37-38-16-6-10-20-44(38)54(42(37)4-2)48-23-13-24-49-51(48)40-18-8-12-22-46(40)56(49)50-30-34(26-27-35(50)32-53)36-15-5-9-19-43(36)55-45-21-11-7-17-39(45)41-29-33(31-52)25-28-47(41)55/h3-30H,2H2,1H3/b14-3-. The van der Waals surface area contributed by atoms with Crippen LogP contribution in [0, 0.1) is 22.7 Å². The van der Waals surface area contributed by atoms with E-state index in [0.29, 0.717) is 11.1 Å². The highest BCUT2D eigenvalue weighted by atomic mass is 15.0. The molecular formula is C51H33N5. The summed E-state index contributed by atoms with van der Waals surface area (Å²) in [7, 11) is 0. The number of para-hydroxylation sites is 4. The minimum atomic E-state index is 0.578. The number of hydrogen-bond acceptors (Lipinski definition) is 2. The lowest BCUT2D eigenvalue weighted by atomic mass is 10.00. The number of nitrogens with zero attached hydrogens (tertiary/aromatic N) is 5. The Morgan fingerprint density at radius 1 is 0.518 bits per heavy atom. The second-order valence-corrected chi connectivity index (χ2v) is 13.9. The van der Waals surface area contributed by atoms with Crippen molar-refractivity contribution in [1.29, 1.82) is 10.5 Å². The molecule has 3 aromatic heterocycles. The zero-order valence-corrected chi connectivity index (χ0v) is 30.6. The molecule has 10 aromatic rings. The van der Waals surface area contributed by atoms with E-state index in [1.165, 1.54) is 0 Å². The molecule has 5 heteroatoms. The Hall–Kier alpha value is -7.86. The van der Waals surface area contributed by atoms with Gasteiger partial charge in [0, 0.05) is 38.1 Å². The second-order valence-electron chi connectivity index (χ2n) is 13.9. The fourth-order valence-corrected chi connectivity index (χ4v) is 8.73. The SMILES string of the molecule is C=Cc1c(/C=C\C)c2ccccc2n1-c1cccc2c1c1ccccc1n2-c1cc(-c2ccccc2-n2c3ccccc3c3cc(C#N)ccc32)ccc1C#N. The molecule has 262 valence electrons. The first-order valence-corrected chi connectivity index (χ1v) is 18.6. The highest BCUT2D eigenvalue weighted by Gasteiger charge is 2.23. The number of allylic oxidation sites excluding steroid dienone is 1. The van der Waals surface area contributed by atoms with Gasteiger partial charge in [0.1, 0.15) is 6.07 Å². The molecule has 7 aromatic carbocycles. The molecule has 0 saturated carbocycles. The van der Waals surface area contributed by atoms with Crippen molar-refractivity contribution in [2.45, 2.75) is 6.92 Å². The van der Waals surface area contributed by atoms with Gasteiger partial charge in [-0.3, -0.25) is 0 Å². The minimum Gasteiger partial charge on any atom is -0.309 e. The molecule has 3 heterocycles. The van der Waals surface area contributed by atoms with Crippen LogP contribution >= 0.6 is 0 Å². The van der Waals surface area contributed by atoms with E-state index in [0.717, 1.165) is 94.0 Å². The Labute approximate surface area is 323 Å². The van der Waals surface area contributed by atoms with Crippen molar-refractivity contribution in [2.24, 2.45) is 0 Å². The first-order chi connectivity index (χ1) is 27.6. The monoisotopic (exact) mass is 715 g/mol. The van der Waals surface area contributed by atoms with Crippen LogP contribution in [0.3, 0.4) is 0 Å². The lowest BCUT2D eigenvalue weighted by Gasteiger charge is -2.17. The van der Waals surface area contributed by atoms with Gasteiger partial charge in [-0.05, 0) is 85.3 Å². The fourth-order valence-electron chi connectivity index (χ4n) is 8.73. The second kappa shape index (κ2) is 12.9. The third-order valence-electron chi connectivity index (χ3n) is 11.0. The van der Waals surface area contributed by atoms with Gasteiger partial charge >= 0.3 is 0 Å². The van der Waals surface area contributed by atoms with Crippen LogP contribution in [-0.4, -0.2) is 13.7 Å². The summed E-state index contributed by atoms with van der Waals surface area (Å²) >= 11 is 0. The molecule has 0 atom stereocenters. The van der Waals surface area contributed by atoms with Crippen molar-refractivity contribution in [3.05, 3.63) is 187 Å². The lowest BCUT2D eigenvalue weighted by molar-refractivity contribution is 1.12. The van der Waals surface area contributed by atoms with E-state index in [2.05, 4.69) is 160 Å². The Balaban J connectivity index is 1.24. The van der Waals surface area contributed by atoms with Gasteiger partial charge in [0.05, 0.1) is 67.5 Å².